The van der Waals surface area contributed by atoms with E-state index in [9.17, 15) is 22.8 Å². The minimum absolute atomic E-state index is 0.0607. The molecule has 1 fully saturated rings. The molecule has 3 rings (SSSR count). The number of piperazine rings is 1. The summed E-state index contributed by atoms with van der Waals surface area (Å²) >= 11 is 0. The highest BCUT2D eigenvalue weighted by atomic mass is 19.4. The molecule has 1 aromatic heterocycles. The smallest absolute Gasteiger partial charge is 0.371 e. The van der Waals surface area contributed by atoms with Crippen LogP contribution in [0, 0.1) is 5.41 Å². The van der Waals surface area contributed by atoms with Gasteiger partial charge in [0.25, 0.3) is 5.91 Å². The number of carbonyl (C=O) groups is 2. The molecule has 1 aromatic carbocycles. The fourth-order valence-corrected chi connectivity index (χ4v) is 3.87. The molecular weight excluding hydrogens is 463 g/mol. The second kappa shape index (κ2) is 9.96. The molecule has 1 saturated heterocycles. The van der Waals surface area contributed by atoms with Gasteiger partial charge in [0.1, 0.15) is 6.04 Å². The molecule has 1 aliphatic rings. The van der Waals surface area contributed by atoms with Gasteiger partial charge in [-0.15, -0.1) is 10.2 Å². The lowest BCUT2D eigenvalue weighted by Crippen LogP contribution is -2.48. The van der Waals surface area contributed by atoms with E-state index in [4.69, 9.17) is 5.73 Å². The maximum absolute atomic E-state index is 13.7. The Morgan fingerprint density at radius 3 is 2.11 bits per heavy atom. The highest BCUT2D eigenvalue weighted by Gasteiger charge is 2.47. The van der Waals surface area contributed by atoms with Crippen LogP contribution in [0.2, 0.25) is 0 Å². The molecule has 2 aromatic rings. The predicted molar refractivity (Wildman–Crippen MR) is 128 cm³/mol. The van der Waals surface area contributed by atoms with Gasteiger partial charge in [0, 0.05) is 50.5 Å². The molecule has 4 N–H and O–H groups in total. The fraction of sp³-hybridized carbons (Fsp3) is 0.478. The Kier molecular flexibility index (Phi) is 7.41. The molecule has 0 radical (unpaired) electrons. The van der Waals surface area contributed by atoms with Crippen molar-refractivity contribution in [2.75, 3.05) is 41.7 Å². The third-order valence-electron chi connectivity index (χ3n) is 5.75. The quantitative estimate of drug-likeness (QED) is 0.565. The van der Waals surface area contributed by atoms with Crippen LogP contribution >= 0.6 is 0 Å². The molecule has 0 bridgehead atoms. The highest BCUT2D eigenvalue weighted by Crippen LogP contribution is 2.36. The molecule has 9 nitrogen and oxygen atoms in total. The zero-order chi connectivity index (χ0) is 26.0. The van der Waals surface area contributed by atoms with Crippen LogP contribution in [0.5, 0.6) is 0 Å². The average molecular weight is 494 g/mol. The number of benzene rings is 1. The lowest BCUT2D eigenvalue weighted by molar-refractivity contribution is -0.161. The monoisotopic (exact) mass is 493 g/mol. The Morgan fingerprint density at radius 2 is 1.63 bits per heavy atom. The first-order chi connectivity index (χ1) is 16.3. The zero-order valence-corrected chi connectivity index (χ0v) is 20.1. The van der Waals surface area contributed by atoms with Gasteiger partial charge in [-0.05, 0) is 29.7 Å². The van der Waals surface area contributed by atoms with Gasteiger partial charge in [-0.25, -0.2) is 0 Å². The second-order valence-electron chi connectivity index (χ2n) is 9.51. The van der Waals surface area contributed by atoms with Crippen molar-refractivity contribution in [3.8, 4) is 0 Å². The molecule has 0 saturated carbocycles. The summed E-state index contributed by atoms with van der Waals surface area (Å²) in [6.45, 7) is 8.63. The first kappa shape index (κ1) is 26.0. The molecule has 2 amide bonds. The third kappa shape index (κ3) is 6.52. The Balaban J connectivity index is 1.77. The van der Waals surface area contributed by atoms with Gasteiger partial charge >= 0.3 is 6.18 Å². The van der Waals surface area contributed by atoms with Crippen LogP contribution in [-0.2, 0) is 4.79 Å². The van der Waals surface area contributed by atoms with Crippen LogP contribution in [0.15, 0.2) is 30.3 Å². The van der Waals surface area contributed by atoms with Crippen molar-refractivity contribution in [1.82, 2.24) is 15.1 Å². The van der Waals surface area contributed by atoms with E-state index in [-0.39, 0.29) is 23.1 Å². The van der Waals surface area contributed by atoms with E-state index >= 15 is 0 Å². The number of hydrogen-bond donors (Lipinski definition) is 3. The number of primary amides is 1. The van der Waals surface area contributed by atoms with Gasteiger partial charge < -0.3 is 26.2 Å². The summed E-state index contributed by atoms with van der Waals surface area (Å²) in [4.78, 5) is 27.2. The predicted octanol–water partition coefficient (Wildman–Crippen LogP) is 3.38. The standard InChI is InChI=1S/C23H30F3N7O2/c1-14(34)32-9-11-33(12-10-32)16-7-5-15(6-8-16)28-18-13-17(19(20(27)35)31-30-18)29-21(22(2,3)4)23(24,25)26/h5-8,13,21H,9-12H2,1-4H3,(H2,27,35)(H2,28,29,30)/t21-/m0/s1. The van der Waals surface area contributed by atoms with E-state index in [0.29, 0.717) is 18.8 Å². The largest absolute Gasteiger partial charge is 0.409 e. The van der Waals surface area contributed by atoms with Crippen LogP contribution in [0.1, 0.15) is 38.2 Å². The molecule has 190 valence electrons. The number of nitrogens with zero attached hydrogens (tertiary/aromatic N) is 4. The number of amides is 2. The second-order valence-corrected chi connectivity index (χ2v) is 9.51. The van der Waals surface area contributed by atoms with Crippen molar-refractivity contribution >= 4 is 34.7 Å². The van der Waals surface area contributed by atoms with E-state index < -0.39 is 23.5 Å². The summed E-state index contributed by atoms with van der Waals surface area (Å²) in [6, 6.07) is 6.74. The van der Waals surface area contributed by atoms with Crippen LogP contribution in [0.3, 0.4) is 0 Å². The van der Waals surface area contributed by atoms with E-state index in [1.165, 1.54) is 26.8 Å². The average Bonchev–Trinajstić information content (AvgIpc) is 2.76. The fourth-order valence-electron chi connectivity index (χ4n) is 3.87. The number of aromatic nitrogens is 2. The number of anilines is 4. The summed E-state index contributed by atoms with van der Waals surface area (Å²) in [5.74, 6) is -0.781. The molecular formula is C23H30F3N7O2. The van der Waals surface area contributed by atoms with Crippen LogP contribution in [0.25, 0.3) is 0 Å². The van der Waals surface area contributed by atoms with Gasteiger partial charge in [-0.1, -0.05) is 20.8 Å². The first-order valence-electron chi connectivity index (χ1n) is 11.1. The molecule has 0 unspecified atom stereocenters. The van der Waals surface area contributed by atoms with Crippen molar-refractivity contribution in [2.45, 2.75) is 39.9 Å². The van der Waals surface area contributed by atoms with Crippen LogP contribution in [-0.4, -0.2) is 65.3 Å². The molecule has 0 aliphatic carbocycles. The van der Waals surface area contributed by atoms with Gasteiger partial charge in [0.15, 0.2) is 11.5 Å². The van der Waals surface area contributed by atoms with Crippen molar-refractivity contribution in [1.29, 1.82) is 0 Å². The Bertz CT molecular complexity index is 1050. The summed E-state index contributed by atoms with van der Waals surface area (Å²) in [5.41, 5.74) is 5.19. The molecule has 1 atom stereocenters. The Morgan fingerprint density at radius 1 is 1.03 bits per heavy atom. The number of nitrogens with two attached hydrogens (primary N) is 1. The highest BCUT2D eigenvalue weighted by molar-refractivity contribution is 5.96. The Labute approximate surface area is 201 Å². The minimum Gasteiger partial charge on any atom is -0.371 e. The van der Waals surface area contributed by atoms with Gasteiger partial charge in [-0.2, -0.15) is 13.2 Å². The SMILES string of the molecule is CC(=O)N1CCN(c2ccc(Nc3cc(N[C@@H](C(C)(C)C)C(F)(F)F)c(C(N)=O)nn3)cc2)CC1. The summed E-state index contributed by atoms with van der Waals surface area (Å²) in [5, 5.41) is 13.0. The van der Waals surface area contributed by atoms with E-state index in [2.05, 4.69) is 25.7 Å². The summed E-state index contributed by atoms with van der Waals surface area (Å²) < 4.78 is 41.0. The lowest BCUT2D eigenvalue weighted by atomic mass is 9.86. The number of hydrogen-bond acceptors (Lipinski definition) is 7. The molecule has 2 heterocycles. The number of alkyl halides is 3. The van der Waals surface area contributed by atoms with E-state index in [1.807, 2.05) is 12.1 Å². The van der Waals surface area contributed by atoms with E-state index in [0.717, 1.165) is 18.8 Å². The number of halogens is 3. The van der Waals surface area contributed by atoms with Crippen molar-refractivity contribution in [3.63, 3.8) is 0 Å². The summed E-state index contributed by atoms with van der Waals surface area (Å²) in [7, 11) is 0. The van der Waals surface area contributed by atoms with Crippen molar-refractivity contribution in [2.24, 2.45) is 11.1 Å². The molecule has 12 heteroatoms. The summed E-state index contributed by atoms with van der Waals surface area (Å²) in [6.07, 6.45) is -4.57. The van der Waals surface area contributed by atoms with Gasteiger partial charge in [0.2, 0.25) is 5.91 Å². The zero-order valence-electron chi connectivity index (χ0n) is 20.1. The number of rotatable bonds is 6. The van der Waals surface area contributed by atoms with Crippen molar-refractivity contribution in [3.05, 3.63) is 36.0 Å². The molecule has 1 aliphatic heterocycles. The van der Waals surface area contributed by atoms with Crippen molar-refractivity contribution < 1.29 is 22.8 Å². The van der Waals surface area contributed by atoms with Crippen LogP contribution in [0.4, 0.5) is 36.1 Å². The topological polar surface area (TPSA) is 116 Å². The van der Waals surface area contributed by atoms with Crippen LogP contribution < -0.4 is 21.3 Å². The normalized spacial score (nSPS) is 15.5. The molecule has 0 spiro atoms. The maximum atomic E-state index is 13.7. The Hall–Kier alpha value is -3.57. The number of carbonyl (C=O) groups excluding carboxylic acids is 2. The maximum Gasteiger partial charge on any atom is 0.409 e. The van der Waals surface area contributed by atoms with Gasteiger partial charge in [-0.3, -0.25) is 9.59 Å². The third-order valence-corrected chi connectivity index (χ3v) is 5.75. The first-order valence-corrected chi connectivity index (χ1v) is 11.1. The lowest BCUT2D eigenvalue weighted by Gasteiger charge is -2.35. The van der Waals surface area contributed by atoms with E-state index in [1.54, 1.807) is 24.0 Å². The molecule has 35 heavy (non-hydrogen) atoms. The minimum atomic E-state index is -4.57. The van der Waals surface area contributed by atoms with Gasteiger partial charge in [0.05, 0.1) is 5.69 Å². The number of nitrogens with one attached hydrogen (secondary N) is 2.